The van der Waals surface area contributed by atoms with Gasteiger partial charge < -0.3 is 9.47 Å². The molecule has 0 fully saturated rings. The lowest BCUT2D eigenvalue weighted by Crippen LogP contribution is -2.40. The summed E-state index contributed by atoms with van der Waals surface area (Å²) < 4.78 is 4.92. The topological polar surface area (TPSA) is 65.1 Å². The molecule has 0 atom stereocenters. The van der Waals surface area contributed by atoms with Crippen molar-refractivity contribution < 1.29 is 0 Å². The van der Waals surface area contributed by atoms with Crippen molar-refractivity contribution in [2.45, 2.75) is 65.5 Å². The monoisotopic (exact) mass is 409 g/mol. The minimum atomic E-state index is -0.279. The van der Waals surface area contributed by atoms with Gasteiger partial charge in [-0.05, 0) is 37.0 Å². The number of fused-ring (bicyclic) bond motifs is 3. The molecule has 0 aliphatic carbocycles. The van der Waals surface area contributed by atoms with Crippen molar-refractivity contribution in [1.29, 1.82) is 0 Å². The molecule has 7 heteroatoms. The van der Waals surface area contributed by atoms with E-state index < -0.39 is 0 Å². The zero-order valence-corrected chi connectivity index (χ0v) is 18.2. The van der Waals surface area contributed by atoms with Crippen LogP contribution in [0.5, 0.6) is 0 Å². The van der Waals surface area contributed by atoms with Crippen molar-refractivity contribution in [2.24, 2.45) is 7.05 Å². The van der Waals surface area contributed by atoms with Gasteiger partial charge in [0.05, 0.1) is 0 Å². The largest absolute Gasteiger partial charge is 0.332 e. The van der Waals surface area contributed by atoms with Gasteiger partial charge in [-0.2, -0.15) is 4.98 Å². The molecular weight excluding hydrogens is 378 g/mol. The maximum Gasteiger partial charge on any atom is 0.332 e. The first-order valence-electron chi connectivity index (χ1n) is 11.1. The molecule has 0 spiro atoms. The van der Waals surface area contributed by atoms with E-state index in [1.54, 1.807) is 7.05 Å². The van der Waals surface area contributed by atoms with Gasteiger partial charge in [0.1, 0.15) is 0 Å². The third-order valence-electron chi connectivity index (χ3n) is 6.11. The lowest BCUT2D eigenvalue weighted by atomic mass is 10.1. The molecule has 1 aromatic carbocycles. The van der Waals surface area contributed by atoms with Crippen molar-refractivity contribution >= 4 is 22.8 Å². The van der Waals surface area contributed by atoms with E-state index in [1.807, 2.05) is 4.57 Å². The summed E-state index contributed by atoms with van der Waals surface area (Å²) in [5.41, 5.74) is 2.87. The molecule has 4 rings (SSSR count). The van der Waals surface area contributed by atoms with E-state index in [0.717, 1.165) is 63.3 Å². The zero-order valence-electron chi connectivity index (χ0n) is 18.2. The summed E-state index contributed by atoms with van der Waals surface area (Å²) in [4.78, 5) is 33.1. The van der Waals surface area contributed by atoms with Crippen LogP contribution in [0.25, 0.3) is 11.2 Å². The first-order valence-corrected chi connectivity index (χ1v) is 11.1. The molecule has 30 heavy (non-hydrogen) atoms. The highest BCUT2D eigenvalue weighted by Gasteiger charge is 2.26. The van der Waals surface area contributed by atoms with Crippen LogP contribution in [0.4, 0.5) is 11.6 Å². The Bertz CT molecular complexity index is 1150. The van der Waals surface area contributed by atoms with Gasteiger partial charge in [-0.1, -0.05) is 45.2 Å². The Hall–Kier alpha value is -2.83. The van der Waals surface area contributed by atoms with E-state index in [4.69, 9.17) is 4.98 Å². The molecule has 0 amide bonds. The van der Waals surface area contributed by atoms with Crippen LogP contribution in [0.15, 0.2) is 33.9 Å². The molecule has 0 bridgehead atoms. The summed E-state index contributed by atoms with van der Waals surface area (Å²) in [7, 11) is 1.71. The predicted molar refractivity (Wildman–Crippen MR) is 121 cm³/mol. The Morgan fingerprint density at radius 3 is 2.47 bits per heavy atom. The number of rotatable bonds is 7. The third-order valence-corrected chi connectivity index (χ3v) is 6.11. The number of anilines is 2. The predicted octanol–water partition coefficient (Wildman–Crippen LogP) is 3.58. The first kappa shape index (κ1) is 20.4. The van der Waals surface area contributed by atoms with E-state index in [-0.39, 0.29) is 11.2 Å². The summed E-state index contributed by atoms with van der Waals surface area (Å²) >= 11 is 0. The molecule has 2 aromatic heterocycles. The molecule has 7 nitrogen and oxygen atoms in total. The number of nitrogens with zero attached hydrogens (tertiary/aromatic N) is 5. The van der Waals surface area contributed by atoms with Crippen LogP contribution in [-0.4, -0.2) is 25.2 Å². The van der Waals surface area contributed by atoms with E-state index in [9.17, 15) is 9.59 Å². The Balaban J connectivity index is 1.80. The van der Waals surface area contributed by atoms with E-state index in [0.29, 0.717) is 17.7 Å². The van der Waals surface area contributed by atoms with Crippen LogP contribution in [0, 0.1) is 0 Å². The molecule has 0 saturated heterocycles. The van der Waals surface area contributed by atoms with Gasteiger partial charge in [0.2, 0.25) is 5.95 Å². The second kappa shape index (κ2) is 8.50. The maximum atomic E-state index is 13.3. The number of aryl methyl sites for hydroxylation is 3. The highest BCUT2D eigenvalue weighted by Crippen LogP contribution is 2.31. The Kier molecular flexibility index (Phi) is 5.79. The Labute approximate surface area is 176 Å². The average Bonchev–Trinajstić information content (AvgIpc) is 3.17. The molecule has 0 radical (unpaired) electrons. The number of imidazole rings is 1. The fraction of sp³-hybridized carbons (Fsp3) is 0.522. The highest BCUT2D eigenvalue weighted by atomic mass is 16.2. The third kappa shape index (κ3) is 3.46. The molecule has 0 N–H and O–H groups in total. The van der Waals surface area contributed by atoms with Crippen molar-refractivity contribution in [3.05, 3.63) is 50.7 Å². The fourth-order valence-corrected chi connectivity index (χ4v) is 4.31. The van der Waals surface area contributed by atoms with Gasteiger partial charge in [0.25, 0.3) is 5.56 Å². The standard InChI is InChI=1S/C23H31N5O2/c1-4-6-7-8-14-28-21(29)19-20(25(3)23(28)30)24-22-26(15-9-16-27(19)22)18-12-10-17(5-2)11-13-18/h10-13H,4-9,14-16H2,1-3H3. The fourth-order valence-electron chi connectivity index (χ4n) is 4.31. The maximum absolute atomic E-state index is 13.3. The molecule has 1 aliphatic heterocycles. The Morgan fingerprint density at radius 2 is 1.77 bits per heavy atom. The molecule has 3 aromatic rings. The molecule has 1 aliphatic rings. The van der Waals surface area contributed by atoms with Gasteiger partial charge in [-0.3, -0.25) is 13.9 Å². The van der Waals surface area contributed by atoms with Gasteiger partial charge in [0.15, 0.2) is 11.2 Å². The number of hydrogen-bond donors (Lipinski definition) is 0. The smallest absolute Gasteiger partial charge is 0.312 e. The lowest BCUT2D eigenvalue weighted by Gasteiger charge is -2.29. The van der Waals surface area contributed by atoms with E-state index in [2.05, 4.69) is 43.0 Å². The molecule has 160 valence electrons. The average molecular weight is 410 g/mol. The van der Waals surface area contributed by atoms with E-state index in [1.165, 1.54) is 14.7 Å². The molecule has 0 saturated carbocycles. The zero-order chi connectivity index (χ0) is 21.3. The minimum Gasteiger partial charge on any atom is -0.312 e. The number of aromatic nitrogens is 4. The lowest BCUT2D eigenvalue weighted by molar-refractivity contribution is 0.536. The normalized spacial score (nSPS) is 13.8. The number of hydrogen-bond acceptors (Lipinski definition) is 4. The second-order valence-electron chi connectivity index (χ2n) is 8.12. The number of benzene rings is 1. The van der Waals surface area contributed by atoms with Crippen LogP contribution in [0.3, 0.4) is 0 Å². The summed E-state index contributed by atoms with van der Waals surface area (Å²) in [5, 5.41) is 0. The van der Waals surface area contributed by atoms with Crippen molar-refractivity contribution in [2.75, 3.05) is 11.4 Å². The molecule has 3 heterocycles. The Morgan fingerprint density at radius 1 is 1.00 bits per heavy atom. The summed E-state index contributed by atoms with van der Waals surface area (Å²) in [5.74, 6) is 0.747. The summed E-state index contributed by atoms with van der Waals surface area (Å²) in [6.45, 7) is 6.33. The van der Waals surface area contributed by atoms with Crippen LogP contribution in [0.2, 0.25) is 0 Å². The first-order chi connectivity index (χ1) is 14.6. The molecular formula is C23H31N5O2. The SMILES string of the molecule is CCCCCCn1c(=O)c2c(nc3n2CCCN3c2ccc(CC)cc2)n(C)c1=O. The number of unbranched alkanes of at least 4 members (excludes halogenated alkanes) is 3. The van der Waals surface area contributed by atoms with Crippen molar-refractivity contribution in [3.63, 3.8) is 0 Å². The van der Waals surface area contributed by atoms with Gasteiger partial charge in [0, 0.05) is 32.4 Å². The van der Waals surface area contributed by atoms with Gasteiger partial charge in [-0.25, -0.2) is 4.79 Å². The highest BCUT2D eigenvalue weighted by molar-refractivity contribution is 5.77. The summed E-state index contributed by atoms with van der Waals surface area (Å²) in [6.07, 6.45) is 6.02. The van der Waals surface area contributed by atoms with Crippen molar-refractivity contribution in [1.82, 2.24) is 18.7 Å². The van der Waals surface area contributed by atoms with E-state index >= 15 is 0 Å². The minimum absolute atomic E-state index is 0.216. The van der Waals surface area contributed by atoms with Crippen LogP contribution in [-0.2, 0) is 26.6 Å². The van der Waals surface area contributed by atoms with Crippen LogP contribution in [0.1, 0.15) is 51.5 Å². The van der Waals surface area contributed by atoms with Crippen LogP contribution >= 0.6 is 0 Å². The van der Waals surface area contributed by atoms with Gasteiger partial charge in [-0.15, -0.1) is 0 Å². The van der Waals surface area contributed by atoms with Crippen molar-refractivity contribution in [3.8, 4) is 0 Å². The second-order valence-corrected chi connectivity index (χ2v) is 8.12. The quantitative estimate of drug-likeness (QED) is 0.560. The van der Waals surface area contributed by atoms with Crippen LogP contribution < -0.4 is 16.1 Å². The molecule has 0 unspecified atom stereocenters. The summed E-state index contributed by atoms with van der Waals surface area (Å²) in [6, 6.07) is 8.49. The van der Waals surface area contributed by atoms with Gasteiger partial charge >= 0.3 is 5.69 Å².